The maximum atomic E-state index is 13.8. The molecule has 0 spiro atoms. The van der Waals surface area contributed by atoms with Crippen LogP contribution in [0.2, 0.25) is 0 Å². The van der Waals surface area contributed by atoms with Gasteiger partial charge in [-0.1, -0.05) is 12.1 Å². The standard InChI is InChI=1S/C14H7BF15NO3/c16-8(17,7(32)31-6-3-1-2-5(4-6)15(33)34)9(18,19)10(20,21)11(22,23)12(24,25)13(26,27)14(28,29)30/h1-4,33-34H,(H,31,32). The Bertz CT molecular complexity index is 916. The molecular weight excluding hydrogens is 526 g/mol. The number of halogens is 15. The van der Waals surface area contributed by atoms with Gasteiger partial charge in [0.15, 0.2) is 0 Å². The van der Waals surface area contributed by atoms with Crippen molar-refractivity contribution < 1.29 is 80.7 Å². The maximum Gasteiger partial charge on any atom is 0.488 e. The number of carbonyl (C=O) groups excluding carboxylic acids is 1. The van der Waals surface area contributed by atoms with E-state index in [1.807, 2.05) is 0 Å². The summed E-state index contributed by atoms with van der Waals surface area (Å²) in [6.45, 7) is 0. The highest BCUT2D eigenvalue weighted by molar-refractivity contribution is 6.58. The van der Waals surface area contributed by atoms with Crippen molar-refractivity contribution >= 4 is 24.2 Å². The van der Waals surface area contributed by atoms with E-state index < -0.39 is 65.9 Å². The highest BCUT2D eigenvalue weighted by Crippen LogP contribution is 2.62. The summed E-state index contributed by atoms with van der Waals surface area (Å²) in [4.78, 5) is 11.4. The van der Waals surface area contributed by atoms with Crippen molar-refractivity contribution in [3.05, 3.63) is 24.3 Å². The number of nitrogens with one attached hydrogen (secondary N) is 1. The van der Waals surface area contributed by atoms with Gasteiger partial charge in [0.05, 0.1) is 0 Å². The summed E-state index contributed by atoms with van der Waals surface area (Å²) in [5.74, 6) is -52.2. The fourth-order valence-corrected chi connectivity index (χ4v) is 2.10. The van der Waals surface area contributed by atoms with Crippen LogP contribution in [-0.4, -0.2) is 64.8 Å². The van der Waals surface area contributed by atoms with Gasteiger partial charge in [-0.2, -0.15) is 65.9 Å². The maximum absolute atomic E-state index is 13.8. The third kappa shape index (κ3) is 4.24. The topological polar surface area (TPSA) is 69.6 Å². The highest BCUT2D eigenvalue weighted by atomic mass is 19.4. The third-order valence-corrected chi connectivity index (χ3v) is 4.06. The zero-order valence-electron chi connectivity index (χ0n) is 15.4. The molecule has 1 aromatic rings. The van der Waals surface area contributed by atoms with Gasteiger partial charge in [-0.3, -0.25) is 4.79 Å². The van der Waals surface area contributed by atoms with Gasteiger partial charge in [-0.15, -0.1) is 0 Å². The van der Waals surface area contributed by atoms with Crippen LogP contribution < -0.4 is 10.8 Å². The number of hydrogen-bond acceptors (Lipinski definition) is 3. The fourth-order valence-electron chi connectivity index (χ4n) is 2.10. The lowest BCUT2D eigenvalue weighted by molar-refractivity contribution is -0.449. The van der Waals surface area contributed by atoms with Crippen molar-refractivity contribution in [2.24, 2.45) is 0 Å². The summed E-state index contributed by atoms with van der Waals surface area (Å²) in [6, 6.07) is 2.41. The molecule has 0 saturated carbocycles. The van der Waals surface area contributed by atoms with Gasteiger partial charge in [0, 0.05) is 5.69 Å². The van der Waals surface area contributed by atoms with Crippen LogP contribution in [0.4, 0.5) is 71.5 Å². The first-order valence-electron chi connectivity index (χ1n) is 7.92. The second kappa shape index (κ2) is 8.38. The van der Waals surface area contributed by atoms with Gasteiger partial charge in [0.2, 0.25) is 0 Å². The van der Waals surface area contributed by atoms with Crippen molar-refractivity contribution in [1.29, 1.82) is 0 Å². The van der Waals surface area contributed by atoms with E-state index in [0.717, 1.165) is 12.1 Å². The Morgan fingerprint density at radius 3 is 1.50 bits per heavy atom. The molecule has 3 N–H and O–H groups in total. The smallest absolute Gasteiger partial charge is 0.423 e. The first kappa shape index (κ1) is 29.7. The lowest BCUT2D eigenvalue weighted by Crippen LogP contribution is -2.73. The minimum absolute atomic E-state index is 0.349. The molecule has 194 valence electrons. The number of amides is 1. The summed E-state index contributed by atoms with van der Waals surface area (Å²) in [7, 11) is -2.38. The molecule has 1 amide bonds. The van der Waals surface area contributed by atoms with Gasteiger partial charge in [-0.25, -0.2) is 0 Å². The zero-order valence-corrected chi connectivity index (χ0v) is 15.4. The molecular formula is C14H7BF15NO3. The molecule has 0 unspecified atom stereocenters. The minimum Gasteiger partial charge on any atom is -0.423 e. The van der Waals surface area contributed by atoms with Crippen LogP contribution in [0, 0.1) is 0 Å². The van der Waals surface area contributed by atoms with Crippen molar-refractivity contribution in [2.75, 3.05) is 5.32 Å². The Balaban J connectivity index is 3.48. The Labute approximate surface area is 177 Å². The Morgan fingerprint density at radius 2 is 1.09 bits per heavy atom. The highest BCUT2D eigenvalue weighted by Gasteiger charge is 2.94. The summed E-state index contributed by atoms with van der Waals surface area (Å²) in [6.07, 6.45) is -7.73. The molecule has 0 aliphatic rings. The molecule has 1 aromatic carbocycles. The van der Waals surface area contributed by atoms with Crippen molar-refractivity contribution in [1.82, 2.24) is 0 Å². The number of carbonyl (C=O) groups is 1. The largest absolute Gasteiger partial charge is 0.488 e. The second-order valence-corrected chi connectivity index (χ2v) is 6.40. The van der Waals surface area contributed by atoms with Crippen LogP contribution in [0.25, 0.3) is 0 Å². The van der Waals surface area contributed by atoms with E-state index in [2.05, 4.69) is 0 Å². The normalized spacial score (nSPS) is 14.7. The van der Waals surface area contributed by atoms with Crippen molar-refractivity contribution in [3.63, 3.8) is 0 Å². The molecule has 0 saturated heterocycles. The van der Waals surface area contributed by atoms with Crippen molar-refractivity contribution in [3.8, 4) is 0 Å². The Hall–Kier alpha value is -2.38. The monoisotopic (exact) mass is 533 g/mol. The molecule has 0 aromatic heterocycles. The van der Waals surface area contributed by atoms with E-state index in [1.165, 1.54) is 0 Å². The number of rotatable bonds is 8. The second-order valence-electron chi connectivity index (χ2n) is 6.40. The van der Waals surface area contributed by atoms with E-state index in [4.69, 9.17) is 10.0 Å². The average Bonchev–Trinajstić information content (AvgIpc) is 2.66. The summed E-state index contributed by atoms with van der Waals surface area (Å²) >= 11 is 0. The van der Waals surface area contributed by atoms with Crippen molar-refractivity contribution in [2.45, 2.75) is 41.7 Å². The lowest BCUT2D eigenvalue weighted by Gasteiger charge is -2.41. The van der Waals surface area contributed by atoms with E-state index in [9.17, 15) is 70.7 Å². The molecule has 0 aliphatic carbocycles. The fraction of sp³-hybridized carbons (Fsp3) is 0.500. The summed E-state index contributed by atoms with van der Waals surface area (Å²) < 4.78 is 196. The zero-order chi connectivity index (χ0) is 27.3. The summed E-state index contributed by atoms with van der Waals surface area (Å²) in [5.41, 5.74) is -1.74. The number of hydrogen-bond donors (Lipinski definition) is 3. The van der Waals surface area contributed by atoms with Gasteiger partial charge < -0.3 is 15.4 Å². The van der Waals surface area contributed by atoms with Crippen LogP contribution in [0.15, 0.2) is 24.3 Å². The molecule has 0 aliphatic heterocycles. The number of benzene rings is 1. The molecule has 0 radical (unpaired) electrons. The van der Waals surface area contributed by atoms with E-state index in [1.54, 1.807) is 0 Å². The van der Waals surface area contributed by atoms with Crippen LogP contribution in [-0.2, 0) is 4.79 Å². The Kier molecular flexibility index (Phi) is 7.31. The van der Waals surface area contributed by atoms with Crippen LogP contribution in [0.1, 0.15) is 0 Å². The average molecular weight is 533 g/mol. The molecule has 34 heavy (non-hydrogen) atoms. The third-order valence-electron chi connectivity index (χ3n) is 4.06. The van der Waals surface area contributed by atoms with E-state index in [0.29, 0.717) is 17.4 Å². The van der Waals surface area contributed by atoms with Crippen LogP contribution in [0.3, 0.4) is 0 Å². The molecule has 0 bridgehead atoms. The molecule has 1 rings (SSSR count). The van der Waals surface area contributed by atoms with E-state index in [-0.39, 0.29) is 0 Å². The predicted molar refractivity (Wildman–Crippen MR) is 80.6 cm³/mol. The molecule has 0 fully saturated rings. The van der Waals surface area contributed by atoms with E-state index >= 15 is 0 Å². The minimum atomic E-state index is -8.51. The van der Waals surface area contributed by atoms with Gasteiger partial charge in [0.1, 0.15) is 0 Å². The van der Waals surface area contributed by atoms with Crippen LogP contribution in [0.5, 0.6) is 0 Å². The SMILES string of the molecule is O=C(Nc1cccc(B(O)O)c1)C(F)(F)C(F)(F)C(F)(F)C(F)(F)C(F)(F)C(F)(F)C(F)(F)F. The van der Waals surface area contributed by atoms with Gasteiger partial charge >= 0.3 is 54.7 Å². The predicted octanol–water partition coefficient (Wildman–Crippen LogP) is 3.68. The Morgan fingerprint density at radius 1 is 0.676 bits per heavy atom. The van der Waals surface area contributed by atoms with Gasteiger partial charge in [-0.05, 0) is 17.6 Å². The van der Waals surface area contributed by atoms with Gasteiger partial charge in [0.25, 0.3) is 0 Å². The number of alkyl halides is 15. The molecule has 0 atom stereocenters. The van der Waals surface area contributed by atoms with Crippen LogP contribution >= 0.6 is 0 Å². The first-order valence-corrected chi connectivity index (χ1v) is 7.92. The number of anilines is 1. The molecule has 0 heterocycles. The lowest BCUT2D eigenvalue weighted by atomic mass is 9.80. The molecule has 20 heteroatoms. The quantitative estimate of drug-likeness (QED) is 0.353. The summed E-state index contributed by atoms with van der Waals surface area (Å²) in [5, 5.41) is 18.4. The first-order chi connectivity index (χ1) is 14.8. The molecule has 4 nitrogen and oxygen atoms in total.